The van der Waals surface area contributed by atoms with Crippen molar-refractivity contribution in [3.8, 4) is 0 Å². The number of fused-ring (bicyclic) bond motifs is 1. The van der Waals surface area contributed by atoms with Crippen LogP contribution < -0.4 is 11.1 Å². The molecule has 0 spiro atoms. The van der Waals surface area contributed by atoms with E-state index in [0.29, 0.717) is 29.5 Å². The standard InChI is InChI=1S/C19H26N8S/c1-5-15-13(2)24-27-17(20)16(21-3)18(23-19(15)27)22-9-7-14-8-11-26(25-14)10-6-12-28-4/h8,11H,5-7,9-10,12,20H2,1-2,4H3,(H,22,23). The smallest absolute Gasteiger partial charge is 0.268 e. The fourth-order valence-electron chi connectivity index (χ4n) is 3.20. The van der Waals surface area contributed by atoms with Crippen LogP contribution in [0.3, 0.4) is 0 Å². The van der Waals surface area contributed by atoms with Gasteiger partial charge in [-0.3, -0.25) is 4.68 Å². The summed E-state index contributed by atoms with van der Waals surface area (Å²) < 4.78 is 3.56. The highest BCUT2D eigenvalue weighted by atomic mass is 32.2. The Balaban J connectivity index is 1.73. The third-order valence-corrected chi connectivity index (χ3v) is 5.34. The first-order chi connectivity index (χ1) is 13.6. The molecule has 148 valence electrons. The summed E-state index contributed by atoms with van der Waals surface area (Å²) in [5.41, 5.74) is 10.2. The lowest BCUT2D eigenvalue weighted by Crippen LogP contribution is -2.10. The minimum Gasteiger partial charge on any atom is -0.392 e. The summed E-state index contributed by atoms with van der Waals surface area (Å²) >= 11 is 1.85. The number of nitrogens with one attached hydrogen (secondary N) is 1. The fourth-order valence-corrected chi connectivity index (χ4v) is 3.62. The van der Waals surface area contributed by atoms with Crippen LogP contribution in [0.4, 0.5) is 17.3 Å². The lowest BCUT2D eigenvalue weighted by molar-refractivity contribution is 0.598. The van der Waals surface area contributed by atoms with E-state index in [1.54, 1.807) is 4.52 Å². The maximum Gasteiger partial charge on any atom is 0.268 e. The van der Waals surface area contributed by atoms with Gasteiger partial charge in [-0.25, -0.2) is 14.3 Å². The topological polar surface area (TPSA) is 90.4 Å². The molecule has 9 heteroatoms. The number of anilines is 2. The molecule has 0 atom stereocenters. The van der Waals surface area contributed by atoms with Crippen molar-refractivity contribution in [3.05, 3.63) is 40.6 Å². The molecule has 3 rings (SSSR count). The van der Waals surface area contributed by atoms with E-state index in [0.717, 1.165) is 48.5 Å². The number of aryl methyl sites for hydroxylation is 3. The van der Waals surface area contributed by atoms with Gasteiger partial charge >= 0.3 is 0 Å². The van der Waals surface area contributed by atoms with Gasteiger partial charge in [0.1, 0.15) is 11.6 Å². The maximum atomic E-state index is 7.50. The van der Waals surface area contributed by atoms with Gasteiger partial charge in [0.15, 0.2) is 5.65 Å². The molecule has 0 radical (unpaired) electrons. The van der Waals surface area contributed by atoms with Crippen LogP contribution in [0.25, 0.3) is 10.5 Å². The Hall–Kier alpha value is -2.73. The molecular weight excluding hydrogens is 372 g/mol. The second-order valence-electron chi connectivity index (χ2n) is 6.55. The van der Waals surface area contributed by atoms with Gasteiger partial charge in [-0.15, -0.1) is 0 Å². The molecule has 0 aliphatic heterocycles. The first kappa shape index (κ1) is 20.0. The van der Waals surface area contributed by atoms with Gasteiger partial charge in [-0.2, -0.15) is 22.0 Å². The molecule has 0 saturated carbocycles. The highest BCUT2D eigenvalue weighted by Gasteiger charge is 2.18. The Labute approximate surface area is 169 Å². The number of aromatic nitrogens is 5. The van der Waals surface area contributed by atoms with E-state index in [-0.39, 0.29) is 0 Å². The quantitative estimate of drug-likeness (QED) is 0.424. The number of hydrogen-bond acceptors (Lipinski definition) is 6. The van der Waals surface area contributed by atoms with Gasteiger partial charge < -0.3 is 11.1 Å². The van der Waals surface area contributed by atoms with Crippen molar-refractivity contribution < 1.29 is 0 Å². The van der Waals surface area contributed by atoms with Crippen molar-refractivity contribution >= 4 is 34.7 Å². The number of nitrogens with two attached hydrogens (primary N) is 1. The van der Waals surface area contributed by atoms with Crippen LogP contribution in [0.15, 0.2) is 12.3 Å². The predicted molar refractivity (Wildman–Crippen MR) is 115 cm³/mol. The van der Waals surface area contributed by atoms with Crippen molar-refractivity contribution in [1.82, 2.24) is 24.4 Å². The molecule has 0 fully saturated rings. The highest BCUT2D eigenvalue weighted by Crippen LogP contribution is 2.32. The van der Waals surface area contributed by atoms with E-state index in [2.05, 4.69) is 38.5 Å². The van der Waals surface area contributed by atoms with E-state index in [9.17, 15) is 0 Å². The average molecular weight is 399 g/mol. The van der Waals surface area contributed by atoms with E-state index in [1.807, 2.05) is 35.6 Å². The first-order valence-electron chi connectivity index (χ1n) is 9.39. The Morgan fingerprint density at radius 3 is 2.89 bits per heavy atom. The summed E-state index contributed by atoms with van der Waals surface area (Å²) in [5.74, 6) is 1.97. The van der Waals surface area contributed by atoms with Crippen molar-refractivity contribution in [3.63, 3.8) is 0 Å². The Bertz CT molecular complexity index is 998. The highest BCUT2D eigenvalue weighted by molar-refractivity contribution is 7.98. The predicted octanol–water partition coefficient (Wildman–Crippen LogP) is 3.34. The minimum atomic E-state index is 0.306. The van der Waals surface area contributed by atoms with Gasteiger partial charge in [0.25, 0.3) is 5.69 Å². The Kier molecular flexibility index (Phi) is 6.41. The van der Waals surface area contributed by atoms with Gasteiger partial charge in [-0.05, 0) is 37.8 Å². The Morgan fingerprint density at radius 1 is 1.36 bits per heavy atom. The molecule has 0 aliphatic carbocycles. The van der Waals surface area contributed by atoms with Crippen LogP contribution in [-0.2, 0) is 19.4 Å². The molecule has 3 aromatic rings. The SMILES string of the molecule is [C-]#[N+]c1c(NCCc2ccn(CCCSC)n2)nc2c(CC)c(C)nn2c1N. The van der Waals surface area contributed by atoms with Crippen LogP contribution in [0.2, 0.25) is 0 Å². The van der Waals surface area contributed by atoms with Crippen LogP contribution in [0, 0.1) is 13.5 Å². The molecule has 3 heterocycles. The largest absolute Gasteiger partial charge is 0.392 e. The van der Waals surface area contributed by atoms with E-state index >= 15 is 0 Å². The first-order valence-corrected chi connectivity index (χ1v) is 10.8. The summed E-state index contributed by atoms with van der Waals surface area (Å²) in [5, 5.41) is 12.3. The summed E-state index contributed by atoms with van der Waals surface area (Å²) in [6.07, 6.45) is 6.81. The molecule has 0 amide bonds. The zero-order valence-corrected chi connectivity index (χ0v) is 17.4. The van der Waals surface area contributed by atoms with E-state index in [4.69, 9.17) is 12.3 Å². The molecule has 3 aromatic heterocycles. The zero-order chi connectivity index (χ0) is 20.1. The number of rotatable bonds is 9. The monoisotopic (exact) mass is 398 g/mol. The summed E-state index contributed by atoms with van der Waals surface area (Å²) in [7, 11) is 0. The zero-order valence-electron chi connectivity index (χ0n) is 16.6. The van der Waals surface area contributed by atoms with Gasteiger partial charge in [-0.1, -0.05) is 6.92 Å². The Morgan fingerprint density at radius 2 is 2.18 bits per heavy atom. The van der Waals surface area contributed by atoms with Crippen molar-refractivity contribution in [1.29, 1.82) is 0 Å². The van der Waals surface area contributed by atoms with Gasteiger partial charge in [0.05, 0.1) is 18.0 Å². The van der Waals surface area contributed by atoms with Crippen LogP contribution in [0.5, 0.6) is 0 Å². The lowest BCUT2D eigenvalue weighted by atomic mass is 10.2. The van der Waals surface area contributed by atoms with Crippen LogP contribution in [0.1, 0.15) is 30.3 Å². The van der Waals surface area contributed by atoms with Crippen LogP contribution >= 0.6 is 11.8 Å². The summed E-state index contributed by atoms with van der Waals surface area (Å²) in [6.45, 7) is 13.1. The molecule has 0 aliphatic rings. The molecule has 0 unspecified atom stereocenters. The second kappa shape index (κ2) is 8.97. The third kappa shape index (κ3) is 4.07. The third-order valence-electron chi connectivity index (χ3n) is 4.64. The molecule has 28 heavy (non-hydrogen) atoms. The molecule has 0 saturated heterocycles. The number of nitrogen functional groups attached to an aromatic ring is 1. The summed E-state index contributed by atoms with van der Waals surface area (Å²) in [4.78, 5) is 8.23. The molecule has 0 bridgehead atoms. The van der Waals surface area contributed by atoms with Gasteiger partial charge in [0.2, 0.25) is 0 Å². The lowest BCUT2D eigenvalue weighted by Gasteiger charge is -2.10. The van der Waals surface area contributed by atoms with Crippen molar-refractivity contribution in [2.45, 2.75) is 39.7 Å². The summed E-state index contributed by atoms with van der Waals surface area (Å²) in [6, 6.07) is 2.04. The number of nitrogens with zero attached hydrogens (tertiary/aromatic N) is 6. The minimum absolute atomic E-state index is 0.306. The van der Waals surface area contributed by atoms with Crippen LogP contribution in [-0.4, -0.2) is 42.9 Å². The maximum absolute atomic E-state index is 7.50. The van der Waals surface area contributed by atoms with E-state index < -0.39 is 0 Å². The average Bonchev–Trinajstić information content (AvgIpc) is 3.26. The number of thioether (sulfide) groups is 1. The van der Waals surface area contributed by atoms with Crippen molar-refractivity contribution in [2.75, 3.05) is 29.6 Å². The molecule has 3 N–H and O–H groups in total. The number of hydrogen-bond donors (Lipinski definition) is 2. The second-order valence-corrected chi connectivity index (χ2v) is 7.54. The molecule has 0 aromatic carbocycles. The van der Waals surface area contributed by atoms with E-state index in [1.165, 1.54) is 0 Å². The fraction of sp³-hybridized carbons (Fsp3) is 0.474. The molecular formula is C19H26N8S. The normalized spacial score (nSPS) is 11.1. The van der Waals surface area contributed by atoms with Crippen molar-refractivity contribution in [2.24, 2.45) is 0 Å². The molecule has 8 nitrogen and oxygen atoms in total. The van der Waals surface area contributed by atoms with Gasteiger partial charge in [0, 0.05) is 31.3 Å².